The van der Waals surface area contributed by atoms with Gasteiger partial charge in [0.05, 0.1) is 0 Å². The first-order valence-corrected chi connectivity index (χ1v) is 5.91. The van der Waals surface area contributed by atoms with Crippen LogP contribution in [0.25, 0.3) is 11.0 Å². The average molecular weight is 288 g/mol. The van der Waals surface area contributed by atoms with Crippen LogP contribution in [0.1, 0.15) is 0 Å². The standard InChI is InChI=1S/C9H6O4.C6H6O2/c10-6-3-1-5-2-4-7(11)13-9(5)8(6)12;7-5-3-1-2-4-6(5)8/h1-4,10,12H;1-4,7-8H. The number of aromatic hydroxyl groups is 4. The lowest BCUT2D eigenvalue weighted by Gasteiger charge is -1.99. The summed E-state index contributed by atoms with van der Waals surface area (Å²) in [5.41, 5.74) is -0.555. The molecule has 6 heteroatoms. The Morgan fingerprint density at radius 1 is 0.714 bits per heavy atom. The van der Waals surface area contributed by atoms with E-state index < -0.39 is 11.4 Å². The van der Waals surface area contributed by atoms with Crippen molar-refractivity contribution in [2.45, 2.75) is 0 Å². The molecular formula is C15H12O6. The van der Waals surface area contributed by atoms with Crippen LogP contribution in [0, 0.1) is 0 Å². The fourth-order valence-corrected chi connectivity index (χ4v) is 1.57. The summed E-state index contributed by atoms with van der Waals surface area (Å²) in [6, 6.07) is 11.8. The molecule has 0 amide bonds. The molecule has 0 bridgehead atoms. The predicted molar refractivity (Wildman–Crippen MR) is 75.6 cm³/mol. The van der Waals surface area contributed by atoms with Gasteiger partial charge in [0.25, 0.3) is 0 Å². The molecule has 2 aromatic carbocycles. The second-order valence-corrected chi connectivity index (χ2v) is 4.09. The Morgan fingerprint density at radius 3 is 1.86 bits per heavy atom. The van der Waals surface area contributed by atoms with Crippen molar-refractivity contribution in [2.24, 2.45) is 0 Å². The molecular weight excluding hydrogens is 276 g/mol. The van der Waals surface area contributed by atoms with Crippen LogP contribution >= 0.6 is 0 Å². The number of phenols is 4. The lowest BCUT2D eigenvalue weighted by atomic mass is 10.2. The first-order valence-electron chi connectivity index (χ1n) is 5.91. The Bertz CT molecular complexity index is 801. The Morgan fingerprint density at radius 2 is 1.29 bits per heavy atom. The topological polar surface area (TPSA) is 111 Å². The second-order valence-electron chi connectivity index (χ2n) is 4.09. The summed E-state index contributed by atoms with van der Waals surface area (Å²) in [5.74, 6) is -0.864. The van der Waals surface area contributed by atoms with Gasteiger partial charge in [-0.15, -0.1) is 0 Å². The summed E-state index contributed by atoms with van der Waals surface area (Å²) in [7, 11) is 0. The highest BCUT2D eigenvalue weighted by Gasteiger charge is 2.07. The van der Waals surface area contributed by atoms with Crippen molar-refractivity contribution in [2.75, 3.05) is 0 Å². The molecule has 0 fully saturated rings. The molecule has 3 aromatic rings. The molecule has 21 heavy (non-hydrogen) atoms. The molecule has 108 valence electrons. The maximum atomic E-state index is 10.8. The number of para-hydroxylation sites is 2. The van der Waals surface area contributed by atoms with E-state index in [-0.39, 0.29) is 22.8 Å². The van der Waals surface area contributed by atoms with E-state index in [9.17, 15) is 9.90 Å². The maximum absolute atomic E-state index is 10.8. The van der Waals surface area contributed by atoms with E-state index in [1.165, 1.54) is 30.3 Å². The third kappa shape index (κ3) is 3.24. The Balaban J connectivity index is 0.000000173. The summed E-state index contributed by atoms with van der Waals surface area (Å²) in [6.07, 6.45) is 0. The predicted octanol–water partition coefficient (Wildman–Crippen LogP) is 2.30. The van der Waals surface area contributed by atoms with Crippen LogP contribution in [0.15, 0.2) is 57.7 Å². The molecule has 3 rings (SSSR count). The van der Waals surface area contributed by atoms with Gasteiger partial charge in [-0.05, 0) is 30.3 Å². The molecule has 6 nitrogen and oxygen atoms in total. The first kappa shape index (κ1) is 14.3. The number of rotatable bonds is 0. The van der Waals surface area contributed by atoms with Gasteiger partial charge < -0.3 is 24.8 Å². The monoisotopic (exact) mass is 288 g/mol. The molecule has 0 aliphatic carbocycles. The molecule has 4 N–H and O–H groups in total. The molecule has 0 aliphatic heterocycles. The minimum absolute atomic E-state index is 0.00694. The molecule has 1 aromatic heterocycles. The molecule has 0 unspecified atom stereocenters. The van der Waals surface area contributed by atoms with Crippen LogP contribution in [-0.2, 0) is 0 Å². The number of fused-ring (bicyclic) bond motifs is 1. The first-order chi connectivity index (χ1) is 9.99. The van der Waals surface area contributed by atoms with Crippen LogP contribution < -0.4 is 5.63 Å². The van der Waals surface area contributed by atoms with Gasteiger partial charge >= 0.3 is 5.63 Å². The highest BCUT2D eigenvalue weighted by atomic mass is 16.4. The summed E-state index contributed by atoms with van der Waals surface area (Å²) >= 11 is 0. The number of phenolic OH excluding ortho intramolecular Hbond substituents is 4. The van der Waals surface area contributed by atoms with Gasteiger partial charge in [-0.2, -0.15) is 0 Å². The Hall–Kier alpha value is -3.15. The van der Waals surface area contributed by atoms with Crippen LogP contribution in [0.2, 0.25) is 0 Å². The van der Waals surface area contributed by atoms with Crippen LogP contribution in [0.4, 0.5) is 0 Å². The fourth-order valence-electron chi connectivity index (χ4n) is 1.57. The van der Waals surface area contributed by atoms with Crippen molar-refractivity contribution in [3.63, 3.8) is 0 Å². The van der Waals surface area contributed by atoms with E-state index in [4.69, 9.17) is 19.7 Å². The van der Waals surface area contributed by atoms with Crippen molar-refractivity contribution >= 4 is 11.0 Å². The molecule has 0 atom stereocenters. The quantitative estimate of drug-likeness (QED) is 0.373. The van der Waals surface area contributed by atoms with Crippen LogP contribution in [0.5, 0.6) is 23.0 Å². The lowest BCUT2D eigenvalue weighted by molar-refractivity contribution is 0.397. The highest BCUT2D eigenvalue weighted by molar-refractivity contribution is 5.84. The summed E-state index contributed by atoms with van der Waals surface area (Å²) in [5, 5.41) is 36.3. The summed E-state index contributed by atoms with van der Waals surface area (Å²) in [6.45, 7) is 0. The van der Waals surface area contributed by atoms with Crippen molar-refractivity contribution in [1.29, 1.82) is 0 Å². The highest BCUT2D eigenvalue weighted by Crippen LogP contribution is 2.32. The van der Waals surface area contributed by atoms with Crippen molar-refractivity contribution in [3.05, 3.63) is 59.0 Å². The smallest absolute Gasteiger partial charge is 0.336 e. The van der Waals surface area contributed by atoms with Crippen LogP contribution in [-0.4, -0.2) is 20.4 Å². The minimum Gasteiger partial charge on any atom is -0.504 e. The fraction of sp³-hybridized carbons (Fsp3) is 0. The van der Waals surface area contributed by atoms with E-state index in [2.05, 4.69) is 0 Å². The van der Waals surface area contributed by atoms with Gasteiger partial charge in [0.2, 0.25) is 5.75 Å². The SMILES string of the molecule is O=c1ccc2ccc(O)c(O)c2o1.Oc1ccccc1O. The van der Waals surface area contributed by atoms with Crippen molar-refractivity contribution < 1.29 is 24.8 Å². The molecule has 0 saturated carbocycles. The number of benzene rings is 2. The molecule has 0 saturated heterocycles. The minimum atomic E-state index is -0.562. The summed E-state index contributed by atoms with van der Waals surface area (Å²) in [4.78, 5) is 10.8. The van der Waals surface area contributed by atoms with E-state index in [1.807, 2.05) is 0 Å². The number of hydrogen-bond acceptors (Lipinski definition) is 6. The van der Waals surface area contributed by atoms with E-state index >= 15 is 0 Å². The van der Waals surface area contributed by atoms with E-state index in [0.717, 1.165) is 0 Å². The Labute approximate surface area is 118 Å². The third-order valence-corrected chi connectivity index (χ3v) is 2.62. The van der Waals surface area contributed by atoms with Crippen LogP contribution in [0.3, 0.4) is 0 Å². The normalized spacial score (nSPS) is 9.90. The van der Waals surface area contributed by atoms with Crippen molar-refractivity contribution in [3.8, 4) is 23.0 Å². The molecule has 0 radical (unpaired) electrons. The van der Waals surface area contributed by atoms with Gasteiger partial charge in [-0.25, -0.2) is 4.79 Å². The van der Waals surface area contributed by atoms with Gasteiger partial charge in [0.1, 0.15) is 0 Å². The molecule has 1 heterocycles. The van der Waals surface area contributed by atoms with Gasteiger partial charge in [0, 0.05) is 11.5 Å². The zero-order chi connectivity index (χ0) is 15.4. The molecule has 0 spiro atoms. The lowest BCUT2D eigenvalue weighted by Crippen LogP contribution is -1.94. The third-order valence-electron chi connectivity index (χ3n) is 2.62. The Kier molecular flexibility index (Phi) is 3.99. The van der Waals surface area contributed by atoms with Gasteiger partial charge in [-0.3, -0.25) is 0 Å². The van der Waals surface area contributed by atoms with Gasteiger partial charge in [-0.1, -0.05) is 12.1 Å². The maximum Gasteiger partial charge on any atom is 0.336 e. The number of hydrogen-bond donors (Lipinski definition) is 4. The van der Waals surface area contributed by atoms with E-state index in [1.54, 1.807) is 18.2 Å². The van der Waals surface area contributed by atoms with E-state index in [0.29, 0.717) is 5.39 Å². The zero-order valence-corrected chi connectivity index (χ0v) is 10.7. The average Bonchev–Trinajstić information content (AvgIpc) is 2.47. The largest absolute Gasteiger partial charge is 0.504 e. The summed E-state index contributed by atoms with van der Waals surface area (Å²) < 4.78 is 4.71. The zero-order valence-electron chi connectivity index (χ0n) is 10.7. The second kappa shape index (κ2) is 5.87. The van der Waals surface area contributed by atoms with Gasteiger partial charge in [0.15, 0.2) is 22.8 Å². The van der Waals surface area contributed by atoms with Crippen molar-refractivity contribution in [1.82, 2.24) is 0 Å². The molecule has 0 aliphatic rings.